The van der Waals surface area contributed by atoms with Crippen molar-refractivity contribution in [1.82, 2.24) is 0 Å². The van der Waals surface area contributed by atoms with Gasteiger partial charge in [0.15, 0.2) is 0 Å². The van der Waals surface area contributed by atoms with Crippen LogP contribution in [0.2, 0.25) is 0 Å². The molecule has 3 N–H and O–H groups in total. The predicted octanol–water partition coefficient (Wildman–Crippen LogP) is 4.05. The van der Waals surface area contributed by atoms with Crippen LogP contribution in [0.1, 0.15) is 10.4 Å². The summed E-state index contributed by atoms with van der Waals surface area (Å²) < 4.78 is 25.3. The fourth-order valence-electron chi connectivity index (χ4n) is 2.49. The number of para-hydroxylation sites is 2. The van der Waals surface area contributed by atoms with Crippen LogP contribution >= 0.6 is 0 Å². The first kappa shape index (κ1) is 18.5. The van der Waals surface area contributed by atoms with Crippen LogP contribution in [0, 0.1) is 0 Å². The van der Waals surface area contributed by atoms with Crippen LogP contribution in [0.15, 0.2) is 78.9 Å². The van der Waals surface area contributed by atoms with E-state index in [9.17, 15) is 13.2 Å². The number of hydrogen-bond donors (Lipinski definition) is 3. The SMILES string of the molecule is CS(=O)(=O)Nc1ccccc1C(=O)Nc1ccc(Nc2ccccc2)cc1. The largest absolute Gasteiger partial charge is 0.356 e. The third-order valence-electron chi connectivity index (χ3n) is 3.67. The summed E-state index contributed by atoms with van der Waals surface area (Å²) in [5.41, 5.74) is 2.94. The third-order valence-corrected chi connectivity index (χ3v) is 4.26. The topological polar surface area (TPSA) is 87.3 Å². The lowest BCUT2D eigenvalue weighted by Crippen LogP contribution is -2.17. The second-order valence-corrected chi connectivity index (χ2v) is 7.69. The molecule has 0 atom stereocenters. The van der Waals surface area contributed by atoms with Gasteiger partial charge in [-0.05, 0) is 48.5 Å². The molecule has 0 saturated heterocycles. The molecule has 0 aromatic heterocycles. The van der Waals surface area contributed by atoms with E-state index in [4.69, 9.17) is 0 Å². The standard InChI is InChI=1S/C20H19N3O3S/c1-27(25,26)23-19-10-6-5-9-18(19)20(24)22-17-13-11-16(12-14-17)21-15-7-3-2-4-8-15/h2-14,21,23H,1H3,(H,22,24). The summed E-state index contributed by atoms with van der Waals surface area (Å²) in [6.07, 6.45) is 1.04. The number of carbonyl (C=O) groups is 1. The van der Waals surface area contributed by atoms with E-state index in [1.54, 1.807) is 36.4 Å². The summed E-state index contributed by atoms with van der Waals surface area (Å²) in [5.74, 6) is -0.398. The summed E-state index contributed by atoms with van der Waals surface area (Å²) in [6.45, 7) is 0. The van der Waals surface area contributed by atoms with Crippen LogP contribution in [-0.4, -0.2) is 20.6 Å². The van der Waals surface area contributed by atoms with Gasteiger partial charge in [-0.15, -0.1) is 0 Å². The van der Waals surface area contributed by atoms with Crippen LogP contribution < -0.4 is 15.4 Å². The van der Waals surface area contributed by atoms with Crippen molar-refractivity contribution in [3.05, 3.63) is 84.4 Å². The van der Waals surface area contributed by atoms with Crippen molar-refractivity contribution in [3.8, 4) is 0 Å². The molecule has 3 aromatic carbocycles. The minimum absolute atomic E-state index is 0.236. The van der Waals surface area contributed by atoms with E-state index in [-0.39, 0.29) is 11.3 Å². The van der Waals surface area contributed by atoms with Gasteiger partial charge >= 0.3 is 0 Å². The van der Waals surface area contributed by atoms with Gasteiger partial charge in [0.1, 0.15) is 0 Å². The highest BCUT2D eigenvalue weighted by Gasteiger charge is 2.13. The lowest BCUT2D eigenvalue weighted by molar-refractivity contribution is 0.102. The zero-order valence-electron chi connectivity index (χ0n) is 14.6. The summed E-state index contributed by atoms with van der Waals surface area (Å²) in [5, 5.41) is 6.04. The molecule has 7 heteroatoms. The van der Waals surface area contributed by atoms with Gasteiger partial charge in [0, 0.05) is 17.1 Å². The highest BCUT2D eigenvalue weighted by Crippen LogP contribution is 2.21. The second kappa shape index (κ2) is 7.92. The van der Waals surface area contributed by atoms with E-state index in [1.165, 1.54) is 0 Å². The number of sulfonamides is 1. The minimum Gasteiger partial charge on any atom is -0.356 e. The molecule has 0 spiro atoms. The number of rotatable bonds is 6. The van der Waals surface area contributed by atoms with E-state index < -0.39 is 15.9 Å². The van der Waals surface area contributed by atoms with Gasteiger partial charge in [-0.3, -0.25) is 9.52 Å². The van der Waals surface area contributed by atoms with Crippen molar-refractivity contribution >= 4 is 38.7 Å². The Bertz CT molecular complexity index is 1030. The fraction of sp³-hybridized carbons (Fsp3) is 0.0500. The normalized spacial score (nSPS) is 10.9. The van der Waals surface area contributed by atoms with Crippen LogP contribution in [0.25, 0.3) is 0 Å². The quantitative estimate of drug-likeness (QED) is 0.601. The number of nitrogens with one attached hydrogen (secondary N) is 3. The molecule has 3 rings (SSSR count). The van der Waals surface area contributed by atoms with Crippen LogP contribution in [0.3, 0.4) is 0 Å². The summed E-state index contributed by atoms with van der Waals surface area (Å²) in [7, 11) is -3.48. The highest BCUT2D eigenvalue weighted by molar-refractivity contribution is 7.92. The Hall–Kier alpha value is -3.32. The molecule has 6 nitrogen and oxygen atoms in total. The molecule has 1 amide bonds. The Kier molecular flexibility index (Phi) is 5.42. The Morgan fingerprint density at radius 2 is 1.30 bits per heavy atom. The molecule has 27 heavy (non-hydrogen) atoms. The van der Waals surface area contributed by atoms with Crippen molar-refractivity contribution < 1.29 is 13.2 Å². The maximum Gasteiger partial charge on any atom is 0.257 e. The summed E-state index contributed by atoms with van der Waals surface area (Å²) >= 11 is 0. The predicted molar refractivity (Wildman–Crippen MR) is 109 cm³/mol. The smallest absolute Gasteiger partial charge is 0.257 e. The highest BCUT2D eigenvalue weighted by atomic mass is 32.2. The molecule has 0 saturated carbocycles. The van der Waals surface area contributed by atoms with E-state index in [0.29, 0.717) is 5.69 Å². The molecule has 0 unspecified atom stereocenters. The Morgan fingerprint density at radius 3 is 1.96 bits per heavy atom. The average Bonchev–Trinajstić information content (AvgIpc) is 2.63. The average molecular weight is 381 g/mol. The molecule has 0 aliphatic rings. The molecular weight excluding hydrogens is 362 g/mol. The van der Waals surface area contributed by atoms with Gasteiger partial charge in [-0.2, -0.15) is 0 Å². The molecule has 0 heterocycles. The van der Waals surface area contributed by atoms with Gasteiger partial charge in [0.25, 0.3) is 5.91 Å². The van der Waals surface area contributed by atoms with Crippen molar-refractivity contribution in [2.24, 2.45) is 0 Å². The van der Waals surface area contributed by atoms with E-state index in [0.717, 1.165) is 17.6 Å². The maximum absolute atomic E-state index is 12.5. The van der Waals surface area contributed by atoms with Crippen molar-refractivity contribution in [2.75, 3.05) is 21.6 Å². The van der Waals surface area contributed by atoms with Crippen molar-refractivity contribution in [2.45, 2.75) is 0 Å². The molecule has 3 aromatic rings. The number of carbonyl (C=O) groups excluding carboxylic acids is 1. The second-order valence-electron chi connectivity index (χ2n) is 5.94. The third kappa shape index (κ3) is 5.32. The number of amides is 1. The zero-order chi connectivity index (χ0) is 19.3. The van der Waals surface area contributed by atoms with Gasteiger partial charge < -0.3 is 10.6 Å². The van der Waals surface area contributed by atoms with Crippen molar-refractivity contribution in [1.29, 1.82) is 0 Å². The van der Waals surface area contributed by atoms with E-state index in [1.807, 2.05) is 42.5 Å². The minimum atomic E-state index is -3.48. The summed E-state index contributed by atoms with van der Waals surface area (Å²) in [6, 6.07) is 23.4. The van der Waals surface area contributed by atoms with E-state index in [2.05, 4.69) is 15.4 Å². The molecule has 0 aliphatic carbocycles. The molecule has 0 aliphatic heterocycles. The lowest BCUT2D eigenvalue weighted by Gasteiger charge is -2.12. The van der Waals surface area contributed by atoms with Crippen molar-refractivity contribution in [3.63, 3.8) is 0 Å². The first-order valence-electron chi connectivity index (χ1n) is 8.21. The monoisotopic (exact) mass is 381 g/mol. The fourth-order valence-corrected chi connectivity index (χ4v) is 3.07. The lowest BCUT2D eigenvalue weighted by atomic mass is 10.1. The Labute approximate surface area is 158 Å². The number of benzene rings is 3. The first-order valence-corrected chi connectivity index (χ1v) is 10.1. The molecule has 138 valence electrons. The van der Waals surface area contributed by atoms with E-state index >= 15 is 0 Å². The van der Waals surface area contributed by atoms with Crippen LogP contribution in [0.5, 0.6) is 0 Å². The Balaban J connectivity index is 1.71. The van der Waals surface area contributed by atoms with Gasteiger partial charge in [-0.25, -0.2) is 8.42 Å². The Morgan fingerprint density at radius 1 is 0.741 bits per heavy atom. The molecular formula is C20H19N3O3S. The maximum atomic E-state index is 12.5. The van der Waals surface area contributed by atoms with Gasteiger partial charge in [-0.1, -0.05) is 30.3 Å². The summed E-state index contributed by atoms with van der Waals surface area (Å²) in [4.78, 5) is 12.5. The molecule has 0 bridgehead atoms. The number of anilines is 4. The molecule has 0 fully saturated rings. The van der Waals surface area contributed by atoms with Gasteiger partial charge in [0.05, 0.1) is 17.5 Å². The molecule has 0 radical (unpaired) electrons. The van der Waals surface area contributed by atoms with Crippen LogP contribution in [0.4, 0.5) is 22.7 Å². The van der Waals surface area contributed by atoms with Crippen LogP contribution in [-0.2, 0) is 10.0 Å². The zero-order valence-corrected chi connectivity index (χ0v) is 15.5. The number of hydrogen-bond acceptors (Lipinski definition) is 4. The first-order chi connectivity index (χ1) is 12.9. The van der Waals surface area contributed by atoms with Gasteiger partial charge in [0.2, 0.25) is 10.0 Å².